The Labute approximate surface area is 126 Å². The molecule has 0 unspecified atom stereocenters. The lowest BCUT2D eigenvalue weighted by molar-refractivity contribution is 0.0951. The van der Waals surface area contributed by atoms with Crippen molar-refractivity contribution in [1.29, 1.82) is 5.26 Å². The minimum absolute atomic E-state index is 0.0809. The average molecular weight is 302 g/mol. The second kappa shape index (κ2) is 7.73. The van der Waals surface area contributed by atoms with E-state index >= 15 is 0 Å². The molecule has 0 radical (unpaired) electrons. The van der Waals surface area contributed by atoms with Gasteiger partial charge in [0.15, 0.2) is 0 Å². The Morgan fingerprint density at radius 2 is 2.15 bits per heavy atom. The molecule has 0 atom stereocenters. The van der Waals surface area contributed by atoms with E-state index < -0.39 is 0 Å². The molecule has 0 aliphatic heterocycles. The van der Waals surface area contributed by atoms with Gasteiger partial charge in [0, 0.05) is 16.3 Å². The Morgan fingerprint density at radius 3 is 2.90 bits per heavy atom. The number of thiophene rings is 1. The van der Waals surface area contributed by atoms with Gasteiger partial charge in [-0.3, -0.25) is 4.79 Å². The number of nitrogens with one attached hydrogen (secondary N) is 1. The summed E-state index contributed by atoms with van der Waals surface area (Å²) in [6.45, 7) is 0.622. The molecule has 1 heterocycles. The lowest BCUT2D eigenvalue weighted by Gasteiger charge is -2.08. The van der Waals surface area contributed by atoms with Gasteiger partial charge in [0.05, 0.1) is 17.4 Å². The van der Waals surface area contributed by atoms with Crippen molar-refractivity contribution in [1.82, 2.24) is 5.32 Å². The molecule has 5 heteroatoms. The van der Waals surface area contributed by atoms with Gasteiger partial charge in [-0.25, -0.2) is 0 Å². The molecule has 1 N–H and O–H groups in total. The Bertz CT molecular complexity index is 603. The van der Waals surface area contributed by atoms with Crippen LogP contribution in [0.3, 0.4) is 0 Å². The van der Waals surface area contributed by atoms with Crippen molar-refractivity contribution in [3.8, 4) is 6.07 Å². The van der Waals surface area contributed by atoms with Crippen LogP contribution in [0, 0.1) is 11.3 Å². The first-order valence-corrected chi connectivity index (χ1v) is 8.07. The molecule has 0 bridgehead atoms. The number of thioether (sulfide) groups is 1. The molecule has 2 aromatic rings. The zero-order valence-electron chi connectivity index (χ0n) is 10.8. The fourth-order valence-corrected chi connectivity index (χ4v) is 3.16. The topological polar surface area (TPSA) is 52.9 Å². The molecule has 0 aliphatic rings. The summed E-state index contributed by atoms with van der Waals surface area (Å²) in [5, 5.41) is 13.6. The molecule has 0 saturated heterocycles. The van der Waals surface area contributed by atoms with Crippen LogP contribution in [-0.2, 0) is 6.42 Å². The number of benzene rings is 1. The van der Waals surface area contributed by atoms with Gasteiger partial charge in [-0.2, -0.15) is 5.26 Å². The number of amides is 1. The van der Waals surface area contributed by atoms with Crippen molar-refractivity contribution in [2.24, 2.45) is 0 Å². The highest BCUT2D eigenvalue weighted by atomic mass is 32.2. The fourth-order valence-electron chi connectivity index (χ4n) is 1.74. The zero-order chi connectivity index (χ0) is 14.2. The van der Waals surface area contributed by atoms with Crippen LogP contribution in [0.15, 0.2) is 46.7 Å². The molecule has 0 saturated carbocycles. The quantitative estimate of drug-likeness (QED) is 0.833. The van der Waals surface area contributed by atoms with E-state index in [1.54, 1.807) is 17.4 Å². The molecule has 1 aromatic heterocycles. The van der Waals surface area contributed by atoms with Crippen LogP contribution in [0.5, 0.6) is 0 Å². The van der Waals surface area contributed by atoms with Crippen molar-refractivity contribution in [3.63, 3.8) is 0 Å². The standard InChI is InChI=1S/C15H14N2OS2/c16-8-11-20-14-6-2-1-5-13(14)15(18)17-9-7-12-4-3-10-19-12/h1-6,10H,7,9,11H2,(H,17,18). The van der Waals surface area contributed by atoms with Gasteiger partial charge >= 0.3 is 0 Å². The lowest BCUT2D eigenvalue weighted by Crippen LogP contribution is -2.26. The Kier molecular flexibility index (Phi) is 5.66. The van der Waals surface area contributed by atoms with Crippen molar-refractivity contribution in [2.75, 3.05) is 12.3 Å². The number of hydrogen-bond donors (Lipinski definition) is 1. The summed E-state index contributed by atoms with van der Waals surface area (Å²) in [4.78, 5) is 14.3. The second-order valence-electron chi connectivity index (χ2n) is 4.03. The number of nitriles is 1. The highest BCUT2D eigenvalue weighted by Gasteiger charge is 2.10. The highest BCUT2D eigenvalue weighted by molar-refractivity contribution is 7.99. The van der Waals surface area contributed by atoms with Crippen molar-refractivity contribution >= 4 is 29.0 Å². The third-order valence-corrected chi connectivity index (χ3v) is 4.54. The fraction of sp³-hybridized carbons (Fsp3) is 0.200. The number of rotatable bonds is 6. The second-order valence-corrected chi connectivity index (χ2v) is 6.08. The number of carbonyl (C=O) groups is 1. The monoisotopic (exact) mass is 302 g/mol. The predicted octanol–water partition coefficient (Wildman–Crippen LogP) is 3.34. The molecular weight excluding hydrogens is 288 g/mol. The minimum atomic E-state index is -0.0809. The van der Waals surface area contributed by atoms with Crippen LogP contribution >= 0.6 is 23.1 Å². The maximum absolute atomic E-state index is 12.2. The van der Waals surface area contributed by atoms with Gasteiger partial charge < -0.3 is 5.32 Å². The van der Waals surface area contributed by atoms with E-state index in [-0.39, 0.29) is 5.91 Å². The van der Waals surface area contributed by atoms with E-state index in [1.165, 1.54) is 16.6 Å². The lowest BCUT2D eigenvalue weighted by atomic mass is 10.2. The smallest absolute Gasteiger partial charge is 0.252 e. The van der Waals surface area contributed by atoms with Gasteiger partial charge in [-0.05, 0) is 30.0 Å². The minimum Gasteiger partial charge on any atom is -0.352 e. The van der Waals surface area contributed by atoms with Crippen LogP contribution in [0.2, 0.25) is 0 Å². The van der Waals surface area contributed by atoms with Gasteiger partial charge in [0.25, 0.3) is 5.91 Å². The van der Waals surface area contributed by atoms with E-state index in [0.717, 1.165) is 11.3 Å². The molecule has 2 rings (SSSR count). The predicted molar refractivity (Wildman–Crippen MR) is 83.1 cm³/mol. The Hall–Kier alpha value is -1.77. The van der Waals surface area contributed by atoms with Crippen LogP contribution in [0.25, 0.3) is 0 Å². The maximum atomic E-state index is 12.2. The Morgan fingerprint density at radius 1 is 1.30 bits per heavy atom. The molecule has 0 fully saturated rings. The summed E-state index contributed by atoms with van der Waals surface area (Å²) in [7, 11) is 0. The van der Waals surface area contributed by atoms with Crippen molar-refractivity contribution in [2.45, 2.75) is 11.3 Å². The van der Waals surface area contributed by atoms with E-state index in [2.05, 4.69) is 17.5 Å². The zero-order valence-corrected chi connectivity index (χ0v) is 12.5. The molecule has 102 valence electrons. The normalized spacial score (nSPS) is 9.95. The summed E-state index contributed by atoms with van der Waals surface area (Å²) in [5.74, 6) is 0.266. The SMILES string of the molecule is N#CCSc1ccccc1C(=O)NCCc1cccs1. The largest absolute Gasteiger partial charge is 0.352 e. The average Bonchev–Trinajstić information content (AvgIpc) is 2.98. The van der Waals surface area contributed by atoms with Crippen LogP contribution in [0.4, 0.5) is 0 Å². The maximum Gasteiger partial charge on any atom is 0.252 e. The summed E-state index contributed by atoms with van der Waals surface area (Å²) >= 11 is 3.08. The summed E-state index contributed by atoms with van der Waals surface area (Å²) in [6, 6.07) is 13.5. The van der Waals surface area contributed by atoms with Gasteiger partial charge in [-0.1, -0.05) is 18.2 Å². The molecule has 20 heavy (non-hydrogen) atoms. The van der Waals surface area contributed by atoms with Crippen molar-refractivity contribution < 1.29 is 4.79 Å². The first kappa shape index (κ1) is 14.6. The molecule has 3 nitrogen and oxygen atoms in total. The number of carbonyl (C=O) groups excluding carboxylic acids is 1. The van der Waals surface area contributed by atoms with Gasteiger partial charge in [0.1, 0.15) is 0 Å². The first-order chi connectivity index (χ1) is 9.81. The van der Waals surface area contributed by atoms with E-state index in [9.17, 15) is 4.79 Å². The molecule has 0 aliphatic carbocycles. The third-order valence-electron chi connectivity index (χ3n) is 2.66. The van der Waals surface area contributed by atoms with Gasteiger partial charge in [-0.15, -0.1) is 23.1 Å². The highest BCUT2D eigenvalue weighted by Crippen LogP contribution is 2.22. The summed E-state index contributed by atoms with van der Waals surface area (Å²) in [6.07, 6.45) is 0.844. The third kappa shape index (κ3) is 4.12. The first-order valence-electron chi connectivity index (χ1n) is 6.20. The molecule has 1 aromatic carbocycles. The summed E-state index contributed by atoms with van der Waals surface area (Å²) in [5.41, 5.74) is 0.638. The van der Waals surface area contributed by atoms with Crippen molar-refractivity contribution in [3.05, 3.63) is 52.2 Å². The van der Waals surface area contributed by atoms with E-state index in [0.29, 0.717) is 17.9 Å². The molecular formula is C15H14N2OS2. The number of hydrogen-bond acceptors (Lipinski definition) is 4. The molecule has 0 spiro atoms. The van der Waals surface area contributed by atoms with Gasteiger partial charge in [0.2, 0.25) is 0 Å². The summed E-state index contributed by atoms with van der Waals surface area (Å²) < 4.78 is 0. The van der Waals surface area contributed by atoms with Crippen LogP contribution < -0.4 is 5.32 Å². The van der Waals surface area contributed by atoms with E-state index in [4.69, 9.17) is 5.26 Å². The molecule has 1 amide bonds. The Balaban J connectivity index is 1.93. The number of nitrogens with zero attached hydrogens (tertiary/aromatic N) is 1. The van der Waals surface area contributed by atoms with E-state index in [1.807, 2.05) is 29.6 Å². The van der Waals surface area contributed by atoms with Crippen LogP contribution in [-0.4, -0.2) is 18.2 Å². The van der Waals surface area contributed by atoms with Crippen LogP contribution in [0.1, 0.15) is 15.2 Å².